The Morgan fingerprint density at radius 1 is 0.643 bits per heavy atom. The highest BCUT2D eigenvalue weighted by Gasteiger charge is 2.09. The second-order valence-corrected chi connectivity index (χ2v) is 7.00. The molecule has 0 aromatic carbocycles. The fourth-order valence-corrected chi connectivity index (χ4v) is 3.12. The summed E-state index contributed by atoms with van der Waals surface area (Å²) in [7, 11) is 0. The Balaban J connectivity index is 1.23. The molecule has 4 heterocycles. The van der Waals surface area contributed by atoms with Crippen LogP contribution in [0.25, 0.3) is 22.9 Å². The largest absolute Gasteiger partial charge is 0.411 e. The van der Waals surface area contributed by atoms with Crippen LogP contribution in [-0.2, 0) is 0 Å². The summed E-state index contributed by atoms with van der Waals surface area (Å²) in [4.78, 5) is 7.92. The van der Waals surface area contributed by atoms with Crippen LogP contribution in [-0.4, -0.2) is 41.9 Å². The number of thioether (sulfide) groups is 2. The zero-order chi connectivity index (χ0) is 19.0. The van der Waals surface area contributed by atoms with Gasteiger partial charge in [-0.2, -0.15) is 0 Å². The first-order chi connectivity index (χ1) is 13.9. The van der Waals surface area contributed by atoms with Gasteiger partial charge < -0.3 is 8.83 Å². The van der Waals surface area contributed by atoms with Crippen LogP contribution in [0.5, 0.6) is 0 Å². The quantitative estimate of drug-likeness (QED) is 0.348. The molecule has 0 unspecified atom stereocenters. The molecule has 8 nitrogen and oxygen atoms in total. The Bertz CT molecular complexity index is 1000. The van der Waals surface area contributed by atoms with Crippen molar-refractivity contribution in [2.24, 2.45) is 0 Å². The molecule has 0 atom stereocenters. The minimum absolute atomic E-state index is 0.467. The molecule has 0 aliphatic rings. The number of hydrogen-bond acceptors (Lipinski definition) is 10. The molecule has 4 aromatic heterocycles. The van der Waals surface area contributed by atoms with Crippen molar-refractivity contribution >= 4 is 23.5 Å². The van der Waals surface area contributed by atoms with E-state index in [0.29, 0.717) is 33.7 Å². The molecule has 0 fully saturated rings. The van der Waals surface area contributed by atoms with E-state index in [0.717, 1.165) is 11.1 Å². The van der Waals surface area contributed by atoms with E-state index in [1.165, 1.54) is 23.5 Å². The second-order valence-electron chi connectivity index (χ2n) is 5.15. The van der Waals surface area contributed by atoms with Crippen molar-refractivity contribution in [2.45, 2.75) is 10.4 Å². The van der Waals surface area contributed by atoms with Gasteiger partial charge in [0.2, 0.25) is 11.8 Å². The first-order valence-electron chi connectivity index (χ1n) is 8.07. The summed E-state index contributed by atoms with van der Waals surface area (Å²) in [6, 6.07) is 7.26. The maximum absolute atomic E-state index is 5.59. The fraction of sp³-hybridized carbons (Fsp3) is 0.111. The van der Waals surface area contributed by atoms with Gasteiger partial charge in [0.15, 0.2) is 0 Å². The molecule has 0 bridgehead atoms. The van der Waals surface area contributed by atoms with Gasteiger partial charge in [0.25, 0.3) is 10.4 Å². The molecule has 0 spiro atoms. The predicted octanol–water partition coefficient (Wildman–Crippen LogP) is 3.46. The molecule has 0 saturated carbocycles. The first kappa shape index (κ1) is 18.2. The van der Waals surface area contributed by atoms with E-state index >= 15 is 0 Å². The average Bonchev–Trinajstić information content (AvgIpc) is 3.42. The van der Waals surface area contributed by atoms with Crippen molar-refractivity contribution in [2.75, 3.05) is 11.5 Å². The maximum atomic E-state index is 5.59. The summed E-state index contributed by atoms with van der Waals surface area (Å²) >= 11 is 2.77. The van der Waals surface area contributed by atoms with Crippen LogP contribution in [0.15, 0.2) is 68.3 Å². The van der Waals surface area contributed by atoms with Gasteiger partial charge in [0.1, 0.15) is 0 Å². The summed E-state index contributed by atoms with van der Waals surface area (Å²) in [6.07, 6.45) is 6.72. The van der Waals surface area contributed by atoms with E-state index in [1.807, 2.05) is 24.3 Å². The van der Waals surface area contributed by atoms with Crippen molar-refractivity contribution < 1.29 is 8.83 Å². The number of hydrogen-bond donors (Lipinski definition) is 0. The molecular weight excluding hydrogens is 396 g/mol. The normalized spacial score (nSPS) is 10.4. The highest BCUT2D eigenvalue weighted by molar-refractivity contribution is 7.99. The van der Waals surface area contributed by atoms with E-state index in [-0.39, 0.29) is 0 Å². The molecule has 0 N–H and O–H groups in total. The Labute approximate surface area is 168 Å². The van der Waals surface area contributed by atoms with E-state index < -0.39 is 0 Å². The fourth-order valence-electron chi connectivity index (χ4n) is 2.06. The molecule has 0 radical (unpaired) electrons. The number of aromatic nitrogens is 6. The molecule has 138 valence electrons. The molecule has 4 aromatic rings. The van der Waals surface area contributed by atoms with Crippen LogP contribution in [0.2, 0.25) is 0 Å². The molecule has 0 aliphatic heterocycles. The Morgan fingerprint density at radius 3 is 1.50 bits per heavy atom. The second kappa shape index (κ2) is 9.16. The van der Waals surface area contributed by atoms with Crippen LogP contribution in [0.3, 0.4) is 0 Å². The third-order valence-electron chi connectivity index (χ3n) is 3.33. The summed E-state index contributed by atoms with van der Waals surface area (Å²) in [5.41, 5.74) is 1.67. The van der Waals surface area contributed by atoms with Gasteiger partial charge in [0, 0.05) is 35.9 Å². The van der Waals surface area contributed by atoms with E-state index in [2.05, 4.69) is 42.2 Å². The molecule has 0 aliphatic carbocycles. The lowest BCUT2D eigenvalue weighted by atomic mass is 10.3. The van der Waals surface area contributed by atoms with Gasteiger partial charge in [-0.15, -0.1) is 20.4 Å². The summed E-state index contributed by atoms with van der Waals surface area (Å²) < 4.78 is 11.2. The van der Waals surface area contributed by atoms with Crippen molar-refractivity contribution in [1.82, 2.24) is 30.4 Å². The van der Waals surface area contributed by atoms with E-state index in [9.17, 15) is 0 Å². The summed E-state index contributed by atoms with van der Waals surface area (Å²) in [5.74, 6) is 8.12. The molecule has 4 rings (SSSR count). The molecule has 0 amide bonds. The number of pyridine rings is 2. The van der Waals surface area contributed by atoms with Crippen molar-refractivity contribution in [3.8, 4) is 34.7 Å². The third kappa shape index (κ3) is 4.76. The first-order valence-corrected chi connectivity index (χ1v) is 10.0. The van der Waals surface area contributed by atoms with Crippen LogP contribution in [0.4, 0.5) is 0 Å². The van der Waals surface area contributed by atoms with Gasteiger partial charge in [0.05, 0.1) is 11.5 Å². The van der Waals surface area contributed by atoms with Gasteiger partial charge in [-0.05, 0) is 24.3 Å². The molecule has 28 heavy (non-hydrogen) atoms. The Morgan fingerprint density at radius 2 is 1.07 bits per heavy atom. The van der Waals surface area contributed by atoms with E-state index in [1.54, 1.807) is 24.8 Å². The third-order valence-corrected chi connectivity index (χ3v) is 4.73. The van der Waals surface area contributed by atoms with Crippen molar-refractivity contribution in [3.63, 3.8) is 0 Å². The van der Waals surface area contributed by atoms with Crippen LogP contribution < -0.4 is 0 Å². The van der Waals surface area contributed by atoms with Gasteiger partial charge in [-0.1, -0.05) is 35.4 Å². The van der Waals surface area contributed by atoms with Gasteiger partial charge in [-0.3, -0.25) is 9.97 Å². The minimum Gasteiger partial charge on any atom is -0.411 e. The molecule has 0 saturated heterocycles. The number of rotatable bonds is 6. The zero-order valence-electron chi connectivity index (χ0n) is 14.3. The highest BCUT2D eigenvalue weighted by atomic mass is 32.2. The zero-order valence-corrected chi connectivity index (χ0v) is 16.0. The van der Waals surface area contributed by atoms with Crippen molar-refractivity contribution in [1.29, 1.82) is 0 Å². The van der Waals surface area contributed by atoms with Gasteiger partial charge >= 0.3 is 0 Å². The van der Waals surface area contributed by atoms with Gasteiger partial charge in [-0.25, -0.2) is 0 Å². The van der Waals surface area contributed by atoms with Crippen LogP contribution in [0.1, 0.15) is 0 Å². The smallest absolute Gasteiger partial charge is 0.277 e. The maximum Gasteiger partial charge on any atom is 0.277 e. The van der Waals surface area contributed by atoms with Crippen molar-refractivity contribution in [3.05, 3.63) is 49.1 Å². The van der Waals surface area contributed by atoms with E-state index in [4.69, 9.17) is 8.83 Å². The SMILES string of the molecule is C(#CCSc1nnc(-c2ccncc2)o1)CSc1nnc(-c2ccncc2)o1. The topological polar surface area (TPSA) is 104 Å². The molecule has 10 heteroatoms. The summed E-state index contributed by atoms with van der Waals surface area (Å²) in [6.45, 7) is 0. The van der Waals surface area contributed by atoms with Crippen LogP contribution in [0, 0.1) is 11.8 Å². The highest BCUT2D eigenvalue weighted by Crippen LogP contribution is 2.23. The lowest BCUT2D eigenvalue weighted by molar-refractivity contribution is 0.466. The lowest BCUT2D eigenvalue weighted by Crippen LogP contribution is -1.78. The standard InChI is InChI=1S/C18H12N6O2S2/c1(11-27-17-23-21-15(25-17)13-3-7-19-8-4-13)2-12-28-18-24-22-16(26-18)14-5-9-20-10-6-14/h3-10H,11-12H2. The lowest BCUT2D eigenvalue weighted by Gasteiger charge is -1.91. The monoisotopic (exact) mass is 408 g/mol. The molecular formula is C18H12N6O2S2. The number of nitrogens with zero attached hydrogens (tertiary/aromatic N) is 6. The predicted molar refractivity (Wildman–Crippen MR) is 104 cm³/mol. The Kier molecular flexibility index (Phi) is 5.96. The van der Waals surface area contributed by atoms with Crippen LogP contribution >= 0.6 is 23.5 Å². The minimum atomic E-state index is 0.467. The Hall–Kier alpha value is -3.16. The summed E-state index contributed by atoms with van der Waals surface area (Å²) in [5, 5.41) is 17.0. The average molecular weight is 408 g/mol.